The molecule has 33 heavy (non-hydrogen) atoms. The van der Waals surface area contributed by atoms with Gasteiger partial charge in [-0.3, -0.25) is 0 Å². The lowest BCUT2D eigenvalue weighted by Crippen LogP contribution is -2.39. The molecule has 3 rings (SSSR count). The number of hydrogen-bond acceptors (Lipinski definition) is 2. The number of benzene rings is 1. The van der Waals surface area contributed by atoms with Crippen LogP contribution in [-0.2, 0) is 4.74 Å². The van der Waals surface area contributed by atoms with Gasteiger partial charge in [0.1, 0.15) is 5.60 Å². The van der Waals surface area contributed by atoms with Gasteiger partial charge in [0.05, 0.1) is 0 Å². The molecule has 1 aromatic rings. The van der Waals surface area contributed by atoms with Crippen molar-refractivity contribution in [3.05, 3.63) is 64.8 Å². The Balaban J connectivity index is 1.82. The summed E-state index contributed by atoms with van der Waals surface area (Å²) in [6.07, 6.45) is 8.80. The maximum Gasteiger partial charge on any atom is 0.410 e. The van der Waals surface area contributed by atoms with Crippen LogP contribution in [0.3, 0.4) is 0 Å². The number of nitrogens with zero attached hydrogens (tertiary/aromatic N) is 1. The highest BCUT2D eigenvalue weighted by molar-refractivity contribution is 5.73. The van der Waals surface area contributed by atoms with E-state index < -0.39 is 5.60 Å². The number of carbonyl (C=O) groups is 1. The molecule has 3 heteroatoms. The molecule has 0 saturated carbocycles. The highest BCUT2D eigenvalue weighted by Gasteiger charge is 2.29. The first kappa shape index (κ1) is 25.3. The molecule has 3 nitrogen and oxygen atoms in total. The van der Waals surface area contributed by atoms with Gasteiger partial charge in [-0.05, 0) is 66.7 Å². The normalized spacial score (nSPS) is 20.1. The Labute approximate surface area is 201 Å². The molecule has 1 aromatic carbocycles. The second kappa shape index (κ2) is 9.16. The van der Waals surface area contributed by atoms with Gasteiger partial charge in [0.15, 0.2) is 0 Å². The van der Waals surface area contributed by atoms with Gasteiger partial charge >= 0.3 is 6.09 Å². The first-order valence-corrected chi connectivity index (χ1v) is 12.3. The van der Waals surface area contributed by atoms with Crippen molar-refractivity contribution >= 4 is 11.7 Å². The minimum Gasteiger partial charge on any atom is -0.444 e. The van der Waals surface area contributed by atoms with Crippen LogP contribution in [0.4, 0.5) is 4.79 Å². The first-order chi connectivity index (χ1) is 15.1. The summed E-state index contributed by atoms with van der Waals surface area (Å²) in [5, 5.41) is 0. The zero-order valence-corrected chi connectivity index (χ0v) is 22.2. The predicted molar refractivity (Wildman–Crippen MR) is 139 cm³/mol. The fraction of sp³-hybridized carbons (Fsp3) is 0.567. The van der Waals surface area contributed by atoms with E-state index in [0.29, 0.717) is 19.0 Å². The van der Waals surface area contributed by atoms with E-state index in [1.165, 1.54) is 27.8 Å². The van der Waals surface area contributed by atoms with Crippen LogP contribution in [0, 0.1) is 10.8 Å². The van der Waals surface area contributed by atoms with E-state index >= 15 is 0 Å². The molecule has 1 amide bonds. The maximum atomic E-state index is 12.4. The van der Waals surface area contributed by atoms with Crippen molar-refractivity contribution in [2.75, 3.05) is 13.1 Å². The fourth-order valence-electron chi connectivity index (χ4n) is 4.40. The molecule has 0 spiro atoms. The molecule has 1 atom stereocenters. The smallest absolute Gasteiger partial charge is 0.410 e. The molecule has 2 aliphatic rings. The second-order valence-electron chi connectivity index (χ2n) is 12.6. The third-order valence-electron chi connectivity index (χ3n) is 6.53. The van der Waals surface area contributed by atoms with Crippen LogP contribution in [0.25, 0.3) is 5.57 Å². The molecule has 0 saturated heterocycles. The average Bonchev–Trinajstić information content (AvgIpc) is 2.71. The Morgan fingerprint density at radius 1 is 1.00 bits per heavy atom. The van der Waals surface area contributed by atoms with Crippen LogP contribution >= 0.6 is 0 Å². The van der Waals surface area contributed by atoms with Crippen LogP contribution in [0.5, 0.6) is 0 Å². The summed E-state index contributed by atoms with van der Waals surface area (Å²) in [5.74, 6) is 0.390. The molecule has 0 aromatic heterocycles. The van der Waals surface area contributed by atoms with Gasteiger partial charge in [0.25, 0.3) is 0 Å². The summed E-state index contributed by atoms with van der Waals surface area (Å²) < 4.78 is 5.54. The largest absolute Gasteiger partial charge is 0.444 e. The summed E-state index contributed by atoms with van der Waals surface area (Å²) in [6, 6.07) is 9.02. The Hall–Kier alpha value is -2.29. The molecule has 1 heterocycles. The number of allylic oxidation sites excluding steroid dienone is 4. The molecule has 180 valence electrons. The minimum atomic E-state index is -0.463. The monoisotopic (exact) mass is 449 g/mol. The van der Waals surface area contributed by atoms with Crippen LogP contribution in [0.1, 0.15) is 92.2 Å². The van der Waals surface area contributed by atoms with E-state index in [0.717, 1.165) is 12.8 Å². The standard InChI is InChI=1S/C30H43NO2/c1-28(2,3)25-18-24(19-26(20-25)29(4,5)6)23-12-10-11-22(17-23)21-13-15-31(16-14-21)27(32)33-30(7,8)9/h10-13,17-18,20,24H,14-16,19H2,1-9H3. The maximum absolute atomic E-state index is 12.4. The van der Waals surface area contributed by atoms with Crippen LogP contribution < -0.4 is 0 Å². The highest BCUT2D eigenvalue weighted by Crippen LogP contribution is 2.43. The molecule has 0 bridgehead atoms. The Kier molecular flexibility index (Phi) is 7.03. The number of rotatable bonds is 2. The molecule has 1 aliphatic carbocycles. The Bertz CT molecular complexity index is 974. The van der Waals surface area contributed by atoms with Gasteiger partial charge in [-0.1, -0.05) is 89.6 Å². The number of carbonyl (C=O) groups excluding carboxylic acids is 1. The van der Waals surface area contributed by atoms with Gasteiger partial charge in [-0.15, -0.1) is 0 Å². The average molecular weight is 450 g/mol. The molecule has 1 aliphatic heterocycles. The molecular formula is C30H43NO2. The number of amides is 1. The molecule has 0 N–H and O–H groups in total. The van der Waals surface area contributed by atoms with E-state index in [4.69, 9.17) is 4.74 Å². The Morgan fingerprint density at radius 2 is 1.70 bits per heavy atom. The minimum absolute atomic E-state index is 0.129. The van der Waals surface area contributed by atoms with Crippen LogP contribution in [0.15, 0.2) is 53.6 Å². The molecule has 0 fully saturated rings. The second-order valence-corrected chi connectivity index (χ2v) is 12.6. The number of ether oxygens (including phenoxy) is 1. The lowest BCUT2D eigenvalue weighted by Gasteiger charge is -2.34. The quantitative estimate of drug-likeness (QED) is 0.456. The fourth-order valence-corrected chi connectivity index (χ4v) is 4.40. The van der Waals surface area contributed by atoms with Gasteiger partial charge in [-0.2, -0.15) is 0 Å². The summed E-state index contributed by atoms with van der Waals surface area (Å²) in [5.41, 5.74) is 6.75. The van der Waals surface area contributed by atoms with E-state index in [2.05, 4.69) is 84.0 Å². The SMILES string of the molecule is CC(C)(C)OC(=O)N1CC=C(c2cccc(C3C=C(C(C)(C)C)C=C(C(C)(C)C)C3)c2)CC1. The third kappa shape index (κ3) is 6.62. The lowest BCUT2D eigenvalue weighted by molar-refractivity contribution is 0.0270. The lowest BCUT2D eigenvalue weighted by atomic mass is 9.71. The topological polar surface area (TPSA) is 29.5 Å². The van der Waals surface area contributed by atoms with Crippen molar-refractivity contribution in [3.8, 4) is 0 Å². The zero-order chi connectivity index (χ0) is 24.6. The van der Waals surface area contributed by atoms with Crippen molar-refractivity contribution in [2.24, 2.45) is 10.8 Å². The zero-order valence-electron chi connectivity index (χ0n) is 22.2. The Morgan fingerprint density at radius 3 is 2.24 bits per heavy atom. The van der Waals surface area contributed by atoms with Gasteiger partial charge in [-0.25, -0.2) is 4.79 Å². The summed E-state index contributed by atoms with van der Waals surface area (Å²) in [4.78, 5) is 14.2. The van der Waals surface area contributed by atoms with E-state index in [1.54, 1.807) is 4.90 Å². The first-order valence-electron chi connectivity index (χ1n) is 12.3. The van der Waals surface area contributed by atoms with Crippen molar-refractivity contribution in [2.45, 2.75) is 86.7 Å². The number of hydrogen-bond donors (Lipinski definition) is 0. The van der Waals surface area contributed by atoms with Crippen molar-refractivity contribution in [1.82, 2.24) is 4.90 Å². The predicted octanol–water partition coefficient (Wildman–Crippen LogP) is 8.14. The summed E-state index contributed by atoms with van der Waals surface area (Å²) in [7, 11) is 0. The highest BCUT2D eigenvalue weighted by atomic mass is 16.6. The molecule has 0 radical (unpaired) electrons. The molecule has 1 unspecified atom stereocenters. The van der Waals surface area contributed by atoms with Gasteiger partial charge in [0, 0.05) is 19.0 Å². The van der Waals surface area contributed by atoms with Crippen LogP contribution in [-0.4, -0.2) is 29.7 Å². The van der Waals surface area contributed by atoms with Gasteiger partial charge < -0.3 is 9.64 Å². The van der Waals surface area contributed by atoms with Crippen LogP contribution in [0.2, 0.25) is 0 Å². The third-order valence-corrected chi connectivity index (χ3v) is 6.53. The van der Waals surface area contributed by atoms with E-state index in [9.17, 15) is 4.79 Å². The molecular weight excluding hydrogens is 406 g/mol. The van der Waals surface area contributed by atoms with Crippen molar-refractivity contribution in [3.63, 3.8) is 0 Å². The van der Waals surface area contributed by atoms with Crippen molar-refractivity contribution in [1.29, 1.82) is 0 Å². The van der Waals surface area contributed by atoms with E-state index in [-0.39, 0.29) is 16.9 Å². The summed E-state index contributed by atoms with van der Waals surface area (Å²) >= 11 is 0. The van der Waals surface area contributed by atoms with Gasteiger partial charge in [0.2, 0.25) is 0 Å². The van der Waals surface area contributed by atoms with E-state index in [1.807, 2.05) is 20.8 Å². The summed E-state index contributed by atoms with van der Waals surface area (Å²) in [6.45, 7) is 20.9. The van der Waals surface area contributed by atoms with Crippen molar-refractivity contribution < 1.29 is 9.53 Å².